The molecule has 0 fully saturated rings. The highest BCUT2D eigenvalue weighted by molar-refractivity contribution is 5.16. The van der Waals surface area contributed by atoms with Gasteiger partial charge >= 0.3 is 0 Å². The van der Waals surface area contributed by atoms with Crippen LogP contribution in [-0.2, 0) is 17.8 Å². The first kappa shape index (κ1) is 13.4. The van der Waals surface area contributed by atoms with Crippen LogP contribution in [0.2, 0.25) is 0 Å². The van der Waals surface area contributed by atoms with Gasteiger partial charge in [-0.05, 0) is 36.5 Å². The Labute approximate surface area is 115 Å². The number of hydrogen-bond acceptors (Lipinski definition) is 1. The number of allylic oxidation sites excluding steroid dienone is 1. The van der Waals surface area contributed by atoms with Crippen LogP contribution in [0.4, 0.5) is 0 Å². The van der Waals surface area contributed by atoms with Crippen molar-refractivity contribution in [3.63, 3.8) is 0 Å². The molecular formula is C18H20O. The summed E-state index contributed by atoms with van der Waals surface area (Å²) in [4.78, 5) is 0. The van der Waals surface area contributed by atoms with Crippen molar-refractivity contribution in [2.75, 3.05) is 0 Å². The Hall–Kier alpha value is -2.02. The van der Waals surface area contributed by atoms with Gasteiger partial charge in [0.1, 0.15) is 6.61 Å². The summed E-state index contributed by atoms with van der Waals surface area (Å²) in [7, 11) is 0. The van der Waals surface area contributed by atoms with Gasteiger partial charge in [-0.3, -0.25) is 0 Å². The van der Waals surface area contributed by atoms with Crippen LogP contribution in [-0.4, -0.2) is 0 Å². The predicted molar refractivity (Wildman–Crippen MR) is 79.8 cm³/mol. The minimum atomic E-state index is 0.642. The van der Waals surface area contributed by atoms with Crippen LogP contribution in [0.5, 0.6) is 0 Å². The smallest absolute Gasteiger partial charge is 0.112 e. The third kappa shape index (κ3) is 5.01. The molecule has 0 aromatic heterocycles. The normalized spacial score (nSPS) is 11.3. The van der Waals surface area contributed by atoms with E-state index in [0.717, 1.165) is 12.8 Å². The first-order valence-corrected chi connectivity index (χ1v) is 6.70. The molecule has 2 aromatic carbocycles. The van der Waals surface area contributed by atoms with E-state index in [1.54, 1.807) is 0 Å². The van der Waals surface area contributed by atoms with Crippen LogP contribution in [0.1, 0.15) is 24.5 Å². The Bertz CT molecular complexity index is 500. The zero-order valence-electron chi connectivity index (χ0n) is 11.4. The number of rotatable bonds is 6. The van der Waals surface area contributed by atoms with Gasteiger partial charge in [0.2, 0.25) is 0 Å². The minimum Gasteiger partial charge on any atom is -0.497 e. The van der Waals surface area contributed by atoms with Crippen LogP contribution in [0.25, 0.3) is 0 Å². The Kier molecular flexibility index (Phi) is 5.24. The highest BCUT2D eigenvalue weighted by atomic mass is 16.5. The van der Waals surface area contributed by atoms with E-state index < -0.39 is 0 Å². The second-order valence-electron chi connectivity index (χ2n) is 4.75. The van der Waals surface area contributed by atoms with E-state index in [9.17, 15) is 0 Å². The fourth-order valence-corrected chi connectivity index (χ4v) is 1.90. The first-order chi connectivity index (χ1) is 9.34. The summed E-state index contributed by atoms with van der Waals surface area (Å²) < 4.78 is 5.61. The summed E-state index contributed by atoms with van der Waals surface area (Å²) in [5, 5.41) is 0. The second kappa shape index (κ2) is 7.42. The molecule has 0 radical (unpaired) electrons. The SMILES string of the molecule is C/C(=C\OCc1ccccc1)CCc1ccccc1. The van der Waals surface area contributed by atoms with Crippen molar-refractivity contribution in [3.8, 4) is 0 Å². The van der Waals surface area contributed by atoms with Crippen LogP contribution in [0.15, 0.2) is 72.5 Å². The van der Waals surface area contributed by atoms with E-state index in [-0.39, 0.29) is 0 Å². The van der Waals surface area contributed by atoms with Gasteiger partial charge in [0.25, 0.3) is 0 Å². The average molecular weight is 252 g/mol. The molecule has 0 atom stereocenters. The van der Waals surface area contributed by atoms with Crippen molar-refractivity contribution in [1.82, 2.24) is 0 Å². The average Bonchev–Trinajstić information content (AvgIpc) is 2.47. The topological polar surface area (TPSA) is 9.23 Å². The summed E-state index contributed by atoms with van der Waals surface area (Å²) in [5.74, 6) is 0. The lowest BCUT2D eigenvalue weighted by Gasteiger charge is -2.04. The van der Waals surface area contributed by atoms with E-state index in [2.05, 4.69) is 49.4 Å². The number of ether oxygens (including phenoxy) is 1. The second-order valence-corrected chi connectivity index (χ2v) is 4.75. The van der Waals surface area contributed by atoms with Crippen molar-refractivity contribution in [2.45, 2.75) is 26.4 Å². The maximum absolute atomic E-state index is 5.61. The van der Waals surface area contributed by atoms with Crippen molar-refractivity contribution >= 4 is 0 Å². The molecule has 0 N–H and O–H groups in total. The van der Waals surface area contributed by atoms with Crippen molar-refractivity contribution in [2.24, 2.45) is 0 Å². The van der Waals surface area contributed by atoms with Gasteiger partial charge < -0.3 is 4.74 Å². The molecule has 0 aliphatic rings. The molecule has 0 saturated carbocycles. The van der Waals surface area contributed by atoms with Crippen LogP contribution < -0.4 is 0 Å². The molecule has 0 unspecified atom stereocenters. The van der Waals surface area contributed by atoms with Crippen molar-refractivity contribution in [1.29, 1.82) is 0 Å². The zero-order valence-corrected chi connectivity index (χ0v) is 11.4. The standard InChI is InChI=1S/C18H20O/c1-16(12-13-17-8-4-2-5-9-17)14-19-15-18-10-6-3-7-11-18/h2-11,14H,12-13,15H2,1H3/b16-14+. The number of benzene rings is 2. The molecule has 0 heterocycles. The van der Waals surface area contributed by atoms with E-state index in [1.165, 1.54) is 16.7 Å². The molecule has 0 bridgehead atoms. The summed E-state index contributed by atoms with van der Waals surface area (Å²) in [6, 6.07) is 20.8. The van der Waals surface area contributed by atoms with Gasteiger partial charge in [0.15, 0.2) is 0 Å². The predicted octanol–water partition coefficient (Wildman–Crippen LogP) is 4.74. The highest BCUT2D eigenvalue weighted by Crippen LogP contribution is 2.09. The fourth-order valence-electron chi connectivity index (χ4n) is 1.90. The summed E-state index contributed by atoms with van der Waals surface area (Å²) >= 11 is 0. The Morgan fingerprint density at radius 2 is 1.47 bits per heavy atom. The first-order valence-electron chi connectivity index (χ1n) is 6.70. The van der Waals surface area contributed by atoms with E-state index in [0.29, 0.717) is 6.61 Å². The van der Waals surface area contributed by atoms with Crippen LogP contribution in [0.3, 0.4) is 0 Å². The van der Waals surface area contributed by atoms with Gasteiger partial charge in [-0.2, -0.15) is 0 Å². The monoisotopic (exact) mass is 252 g/mol. The molecule has 2 rings (SSSR count). The lowest BCUT2D eigenvalue weighted by atomic mass is 10.1. The summed E-state index contributed by atoms with van der Waals surface area (Å²) in [6.07, 6.45) is 3.99. The molecule has 0 aliphatic carbocycles. The highest BCUT2D eigenvalue weighted by Gasteiger charge is 1.95. The number of aryl methyl sites for hydroxylation is 1. The van der Waals surface area contributed by atoms with E-state index in [4.69, 9.17) is 4.74 Å². The molecule has 2 aromatic rings. The molecule has 19 heavy (non-hydrogen) atoms. The molecule has 98 valence electrons. The lowest BCUT2D eigenvalue weighted by Crippen LogP contribution is -1.89. The summed E-state index contributed by atoms with van der Waals surface area (Å²) in [5.41, 5.74) is 3.85. The maximum atomic E-state index is 5.61. The quantitative estimate of drug-likeness (QED) is 0.675. The molecule has 0 saturated heterocycles. The van der Waals surface area contributed by atoms with E-state index >= 15 is 0 Å². The molecular weight excluding hydrogens is 232 g/mol. The van der Waals surface area contributed by atoms with Gasteiger partial charge in [0, 0.05) is 0 Å². The van der Waals surface area contributed by atoms with Crippen molar-refractivity contribution in [3.05, 3.63) is 83.6 Å². The van der Waals surface area contributed by atoms with Gasteiger partial charge in [-0.25, -0.2) is 0 Å². The molecule has 0 spiro atoms. The molecule has 1 heteroatoms. The number of hydrogen-bond donors (Lipinski definition) is 0. The largest absolute Gasteiger partial charge is 0.497 e. The maximum Gasteiger partial charge on any atom is 0.112 e. The molecule has 0 amide bonds. The third-order valence-corrected chi connectivity index (χ3v) is 3.03. The van der Waals surface area contributed by atoms with Gasteiger partial charge in [-0.1, -0.05) is 60.7 Å². The van der Waals surface area contributed by atoms with E-state index in [1.807, 2.05) is 24.5 Å². The zero-order chi connectivity index (χ0) is 13.3. The molecule has 0 aliphatic heterocycles. The Morgan fingerprint density at radius 1 is 0.895 bits per heavy atom. The Balaban J connectivity index is 1.74. The fraction of sp³-hybridized carbons (Fsp3) is 0.222. The lowest BCUT2D eigenvalue weighted by molar-refractivity contribution is 0.233. The van der Waals surface area contributed by atoms with Crippen molar-refractivity contribution < 1.29 is 4.74 Å². The Morgan fingerprint density at radius 3 is 2.11 bits per heavy atom. The third-order valence-electron chi connectivity index (χ3n) is 3.03. The van der Waals surface area contributed by atoms with Gasteiger partial charge in [-0.15, -0.1) is 0 Å². The minimum absolute atomic E-state index is 0.642. The van der Waals surface area contributed by atoms with Gasteiger partial charge in [0.05, 0.1) is 6.26 Å². The summed E-state index contributed by atoms with van der Waals surface area (Å²) in [6.45, 7) is 2.76. The molecule has 1 nitrogen and oxygen atoms in total. The van der Waals surface area contributed by atoms with Crippen LogP contribution in [0, 0.1) is 0 Å². The van der Waals surface area contributed by atoms with Crippen LogP contribution >= 0.6 is 0 Å².